The average molecular weight is 333 g/mol. The Kier molecular flexibility index (Phi) is 4.98. The zero-order chi connectivity index (χ0) is 16.2. The zero-order valence-corrected chi connectivity index (χ0v) is 14.0. The standard InChI is InChI=1S/C17H21ClN4O/c1-13(17(23)19-7-9-22-12-16(18)10-20-22)21-8-6-14-4-2-3-5-15(14)11-21/h2-5,10,12-13H,6-9,11H2,1H3,(H,19,23)/t13-/m0/s1. The van der Waals surface area contributed by atoms with E-state index in [9.17, 15) is 4.79 Å². The van der Waals surface area contributed by atoms with E-state index in [2.05, 4.69) is 39.6 Å². The smallest absolute Gasteiger partial charge is 0.237 e. The van der Waals surface area contributed by atoms with Gasteiger partial charge >= 0.3 is 0 Å². The van der Waals surface area contributed by atoms with Crippen LogP contribution in [0.25, 0.3) is 0 Å². The zero-order valence-electron chi connectivity index (χ0n) is 13.2. The lowest BCUT2D eigenvalue weighted by Gasteiger charge is -2.32. The molecule has 0 spiro atoms. The first-order valence-corrected chi connectivity index (χ1v) is 8.28. The minimum Gasteiger partial charge on any atom is -0.353 e. The second-order valence-electron chi connectivity index (χ2n) is 5.88. The molecule has 1 aliphatic heterocycles. The first-order valence-electron chi connectivity index (χ1n) is 7.90. The largest absolute Gasteiger partial charge is 0.353 e. The Bertz CT molecular complexity index is 685. The van der Waals surface area contributed by atoms with Crippen LogP contribution in [0.1, 0.15) is 18.1 Å². The van der Waals surface area contributed by atoms with Gasteiger partial charge in [0.05, 0.1) is 23.8 Å². The van der Waals surface area contributed by atoms with E-state index in [0.29, 0.717) is 18.1 Å². The van der Waals surface area contributed by atoms with Crippen LogP contribution in [0.5, 0.6) is 0 Å². The fourth-order valence-corrected chi connectivity index (χ4v) is 3.07. The number of carbonyl (C=O) groups excluding carboxylic acids is 1. The van der Waals surface area contributed by atoms with Gasteiger partial charge in [-0.2, -0.15) is 5.10 Å². The molecule has 1 N–H and O–H groups in total. The number of amides is 1. The Balaban J connectivity index is 1.50. The highest BCUT2D eigenvalue weighted by atomic mass is 35.5. The molecule has 2 aromatic rings. The summed E-state index contributed by atoms with van der Waals surface area (Å²) in [6, 6.07) is 8.32. The topological polar surface area (TPSA) is 50.2 Å². The molecule has 0 saturated heterocycles. The molecule has 1 atom stereocenters. The van der Waals surface area contributed by atoms with Gasteiger partial charge in [0.15, 0.2) is 0 Å². The molecule has 5 nitrogen and oxygen atoms in total. The predicted octanol–water partition coefficient (Wildman–Crippen LogP) is 2.10. The SMILES string of the molecule is C[C@@H](C(=O)NCCn1cc(Cl)cn1)N1CCc2ccccc2C1. The number of halogens is 1. The van der Waals surface area contributed by atoms with Crippen molar-refractivity contribution in [3.8, 4) is 0 Å². The Hall–Kier alpha value is -1.85. The molecule has 0 fully saturated rings. The number of hydrogen-bond donors (Lipinski definition) is 1. The maximum Gasteiger partial charge on any atom is 0.237 e. The predicted molar refractivity (Wildman–Crippen MR) is 90.3 cm³/mol. The molecule has 122 valence electrons. The number of rotatable bonds is 5. The number of hydrogen-bond acceptors (Lipinski definition) is 3. The summed E-state index contributed by atoms with van der Waals surface area (Å²) < 4.78 is 1.73. The number of nitrogens with one attached hydrogen (secondary N) is 1. The maximum absolute atomic E-state index is 12.3. The lowest BCUT2D eigenvalue weighted by molar-refractivity contribution is -0.126. The Labute approximate surface area is 141 Å². The monoisotopic (exact) mass is 332 g/mol. The fraction of sp³-hybridized carbons (Fsp3) is 0.412. The molecule has 23 heavy (non-hydrogen) atoms. The number of aromatic nitrogens is 2. The maximum atomic E-state index is 12.3. The number of benzene rings is 1. The Morgan fingerprint density at radius 2 is 2.17 bits per heavy atom. The van der Waals surface area contributed by atoms with Gasteiger partial charge < -0.3 is 5.32 Å². The Morgan fingerprint density at radius 1 is 1.39 bits per heavy atom. The van der Waals surface area contributed by atoms with Crippen molar-refractivity contribution in [3.63, 3.8) is 0 Å². The van der Waals surface area contributed by atoms with Gasteiger partial charge in [0.2, 0.25) is 5.91 Å². The molecule has 2 heterocycles. The molecule has 1 amide bonds. The number of carbonyl (C=O) groups is 1. The molecule has 3 rings (SSSR count). The first-order chi connectivity index (χ1) is 11.1. The highest BCUT2D eigenvalue weighted by Crippen LogP contribution is 2.20. The summed E-state index contributed by atoms with van der Waals surface area (Å²) in [5.41, 5.74) is 2.72. The van der Waals surface area contributed by atoms with Gasteiger partial charge in [-0.15, -0.1) is 0 Å². The minimum atomic E-state index is -0.135. The van der Waals surface area contributed by atoms with Crippen LogP contribution >= 0.6 is 11.6 Å². The van der Waals surface area contributed by atoms with Crippen molar-refractivity contribution in [2.75, 3.05) is 13.1 Å². The van der Waals surface area contributed by atoms with E-state index in [1.807, 2.05) is 6.92 Å². The van der Waals surface area contributed by atoms with E-state index in [-0.39, 0.29) is 11.9 Å². The van der Waals surface area contributed by atoms with Gasteiger partial charge in [0.1, 0.15) is 0 Å². The van der Waals surface area contributed by atoms with Crippen LogP contribution in [0.4, 0.5) is 0 Å². The van der Waals surface area contributed by atoms with Crippen LogP contribution in [0.3, 0.4) is 0 Å². The van der Waals surface area contributed by atoms with E-state index in [4.69, 9.17) is 11.6 Å². The third kappa shape index (κ3) is 3.92. The first kappa shape index (κ1) is 16.0. The molecular formula is C17H21ClN4O. The summed E-state index contributed by atoms with van der Waals surface area (Å²) in [5, 5.41) is 7.68. The van der Waals surface area contributed by atoms with Crippen LogP contribution in [0.15, 0.2) is 36.7 Å². The molecular weight excluding hydrogens is 312 g/mol. The lowest BCUT2D eigenvalue weighted by Crippen LogP contribution is -2.47. The quantitative estimate of drug-likeness (QED) is 0.912. The Morgan fingerprint density at radius 3 is 2.91 bits per heavy atom. The van der Waals surface area contributed by atoms with E-state index in [0.717, 1.165) is 19.5 Å². The van der Waals surface area contributed by atoms with E-state index in [1.54, 1.807) is 17.1 Å². The van der Waals surface area contributed by atoms with Crippen molar-refractivity contribution < 1.29 is 4.79 Å². The van der Waals surface area contributed by atoms with Crippen LogP contribution in [0.2, 0.25) is 5.02 Å². The number of fused-ring (bicyclic) bond motifs is 1. The summed E-state index contributed by atoms with van der Waals surface area (Å²) >= 11 is 5.82. The van der Waals surface area contributed by atoms with Gasteiger partial charge in [0.25, 0.3) is 0 Å². The van der Waals surface area contributed by atoms with Crippen molar-refractivity contribution in [2.24, 2.45) is 0 Å². The fourth-order valence-electron chi connectivity index (χ4n) is 2.92. The second-order valence-corrected chi connectivity index (χ2v) is 6.31. The van der Waals surface area contributed by atoms with Crippen LogP contribution in [0, 0.1) is 0 Å². The van der Waals surface area contributed by atoms with Crippen molar-refractivity contribution in [1.82, 2.24) is 20.0 Å². The summed E-state index contributed by atoms with van der Waals surface area (Å²) in [7, 11) is 0. The van der Waals surface area contributed by atoms with Gasteiger partial charge in [-0.05, 0) is 24.5 Å². The third-order valence-electron chi connectivity index (χ3n) is 4.33. The molecule has 1 aliphatic rings. The van der Waals surface area contributed by atoms with Crippen molar-refractivity contribution in [1.29, 1.82) is 0 Å². The molecule has 0 unspecified atom stereocenters. The average Bonchev–Trinajstić information content (AvgIpc) is 2.99. The molecule has 0 bridgehead atoms. The van der Waals surface area contributed by atoms with Gasteiger partial charge in [-0.3, -0.25) is 14.4 Å². The van der Waals surface area contributed by atoms with Crippen molar-refractivity contribution in [3.05, 3.63) is 52.8 Å². The highest BCUT2D eigenvalue weighted by molar-refractivity contribution is 6.30. The molecule has 6 heteroatoms. The van der Waals surface area contributed by atoms with Crippen LogP contribution in [-0.2, 0) is 24.3 Å². The van der Waals surface area contributed by atoms with E-state index >= 15 is 0 Å². The lowest BCUT2D eigenvalue weighted by atomic mass is 9.99. The molecule has 1 aromatic heterocycles. The van der Waals surface area contributed by atoms with Crippen molar-refractivity contribution >= 4 is 17.5 Å². The van der Waals surface area contributed by atoms with Gasteiger partial charge in [0, 0.05) is 25.8 Å². The molecule has 0 saturated carbocycles. The van der Waals surface area contributed by atoms with Gasteiger partial charge in [-0.1, -0.05) is 35.9 Å². The summed E-state index contributed by atoms with van der Waals surface area (Å²) in [6.07, 6.45) is 4.34. The van der Waals surface area contributed by atoms with Crippen molar-refractivity contribution in [2.45, 2.75) is 32.5 Å². The highest BCUT2D eigenvalue weighted by Gasteiger charge is 2.24. The van der Waals surface area contributed by atoms with Crippen LogP contribution in [-0.4, -0.2) is 39.7 Å². The summed E-state index contributed by atoms with van der Waals surface area (Å²) in [6.45, 7) is 4.88. The number of nitrogens with zero attached hydrogens (tertiary/aromatic N) is 3. The van der Waals surface area contributed by atoms with E-state index < -0.39 is 0 Å². The summed E-state index contributed by atoms with van der Waals surface area (Å²) in [5.74, 6) is 0.0580. The van der Waals surface area contributed by atoms with Gasteiger partial charge in [-0.25, -0.2) is 0 Å². The molecule has 0 aliphatic carbocycles. The van der Waals surface area contributed by atoms with E-state index in [1.165, 1.54) is 11.1 Å². The third-order valence-corrected chi connectivity index (χ3v) is 4.52. The normalized spacial score (nSPS) is 15.9. The molecule has 0 radical (unpaired) electrons. The molecule has 1 aromatic carbocycles. The second kappa shape index (κ2) is 7.15. The summed E-state index contributed by atoms with van der Waals surface area (Å²) in [4.78, 5) is 14.6. The van der Waals surface area contributed by atoms with Crippen LogP contribution < -0.4 is 5.32 Å². The minimum absolute atomic E-state index is 0.0580.